The summed E-state index contributed by atoms with van der Waals surface area (Å²) in [7, 11) is 0. The predicted molar refractivity (Wildman–Crippen MR) is 66.1 cm³/mol. The molecular formula is C11H8FN3OS. The number of rotatable bonds is 2. The Balaban J connectivity index is 2.53. The Morgan fingerprint density at radius 1 is 1.35 bits per heavy atom. The van der Waals surface area contributed by atoms with Gasteiger partial charge in [-0.05, 0) is 30.3 Å². The van der Waals surface area contributed by atoms with Gasteiger partial charge in [0.05, 0.1) is 11.3 Å². The van der Waals surface area contributed by atoms with Crippen molar-refractivity contribution in [1.82, 2.24) is 10.2 Å². The van der Waals surface area contributed by atoms with E-state index < -0.39 is 5.56 Å². The predicted octanol–water partition coefficient (Wildman–Crippen LogP) is 1.21. The molecule has 0 aliphatic rings. The average molecular weight is 249 g/mol. The summed E-state index contributed by atoms with van der Waals surface area (Å²) >= 11 is 4.75. The Morgan fingerprint density at radius 2 is 2.00 bits per heavy atom. The Labute approximate surface area is 101 Å². The van der Waals surface area contributed by atoms with Gasteiger partial charge in [-0.3, -0.25) is 4.79 Å². The monoisotopic (exact) mass is 249 g/mol. The second kappa shape index (κ2) is 4.42. The molecule has 0 aliphatic carbocycles. The van der Waals surface area contributed by atoms with Crippen molar-refractivity contribution >= 4 is 17.2 Å². The molecule has 1 aromatic heterocycles. The van der Waals surface area contributed by atoms with E-state index in [-0.39, 0.29) is 16.4 Å². The van der Waals surface area contributed by atoms with Crippen molar-refractivity contribution in [1.29, 1.82) is 0 Å². The smallest absolute Gasteiger partial charge is 0.274 e. The fraction of sp³-hybridized carbons (Fsp3) is 0. The fourth-order valence-electron chi connectivity index (χ4n) is 1.36. The minimum Gasteiger partial charge on any atom is -0.389 e. The number of H-pyrrole nitrogens is 1. The molecule has 1 aromatic carbocycles. The van der Waals surface area contributed by atoms with Crippen molar-refractivity contribution in [2.45, 2.75) is 0 Å². The first-order chi connectivity index (χ1) is 8.08. The molecular weight excluding hydrogens is 241 g/mol. The minimum atomic E-state index is -0.441. The largest absolute Gasteiger partial charge is 0.389 e. The van der Waals surface area contributed by atoms with E-state index in [9.17, 15) is 9.18 Å². The van der Waals surface area contributed by atoms with E-state index in [0.29, 0.717) is 11.3 Å². The molecule has 0 bridgehead atoms. The van der Waals surface area contributed by atoms with Gasteiger partial charge in [0, 0.05) is 5.56 Å². The summed E-state index contributed by atoms with van der Waals surface area (Å²) < 4.78 is 12.8. The van der Waals surface area contributed by atoms with Crippen LogP contribution in [0, 0.1) is 5.82 Å². The van der Waals surface area contributed by atoms with E-state index in [0.717, 1.165) is 0 Å². The normalized spacial score (nSPS) is 10.2. The van der Waals surface area contributed by atoms with Gasteiger partial charge < -0.3 is 5.73 Å². The van der Waals surface area contributed by atoms with Crippen LogP contribution in [-0.4, -0.2) is 15.2 Å². The molecule has 0 spiro atoms. The Bertz CT molecular complexity index is 621. The van der Waals surface area contributed by atoms with Gasteiger partial charge in [0.2, 0.25) is 0 Å². The van der Waals surface area contributed by atoms with Crippen LogP contribution < -0.4 is 11.3 Å². The highest BCUT2D eigenvalue weighted by molar-refractivity contribution is 7.80. The molecule has 17 heavy (non-hydrogen) atoms. The molecule has 0 unspecified atom stereocenters. The van der Waals surface area contributed by atoms with Gasteiger partial charge in [-0.25, -0.2) is 9.49 Å². The zero-order chi connectivity index (χ0) is 12.4. The van der Waals surface area contributed by atoms with Crippen molar-refractivity contribution in [3.63, 3.8) is 0 Å². The lowest BCUT2D eigenvalue weighted by atomic mass is 10.1. The molecule has 0 saturated heterocycles. The lowest BCUT2D eigenvalue weighted by molar-refractivity contribution is 0.628. The van der Waals surface area contributed by atoms with Gasteiger partial charge in [-0.15, -0.1) is 0 Å². The Morgan fingerprint density at radius 3 is 2.59 bits per heavy atom. The molecule has 2 aromatic rings. The van der Waals surface area contributed by atoms with Gasteiger partial charge in [0.1, 0.15) is 10.8 Å². The van der Waals surface area contributed by atoms with E-state index in [2.05, 4.69) is 10.2 Å². The summed E-state index contributed by atoms with van der Waals surface area (Å²) in [6, 6.07) is 7.21. The lowest BCUT2D eigenvalue weighted by Crippen LogP contribution is -2.23. The third-order valence-corrected chi connectivity index (χ3v) is 2.43. The summed E-state index contributed by atoms with van der Waals surface area (Å²) in [6.45, 7) is 0. The highest BCUT2D eigenvalue weighted by Crippen LogP contribution is 2.16. The molecule has 0 aliphatic heterocycles. The van der Waals surface area contributed by atoms with Crippen LogP contribution >= 0.6 is 12.2 Å². The van der Waals surface area contributed by atoms with Crippen LogP contribution in [0.4, 0.5) is 4.39 Å². The number of nitrogens with two attached hydrogens (primary N) is 1. The van der Waals surface area contributed by atoms with Crippen LogP contribution in [-0.2, 0) is 0 Å². The molecule has 6 heteroatoms. The molecule has 2 rings (SSSR count). The number of benzene rings is 1. The quantitative estimate of drug-likeness (QED) is 0.785. The van der Waals surface area contributed by atoms with Crippen molar-refractivity contribution in [2.24, 2.45) is 5.73 Å². The van der Waals surface area contributed by atoms with Crippen LogP contribution in [0.2, 0.25) is 0 Å². The third-order valence-electron chi connectivity index (χ3n) is 2.21. The minimum absolute atomic E-state index is 0.00277. The van der Waals surface area contributed by atoms with Crippen LogP contribution in [0.15, 0.2) is 35.1 Å². The summed E-state index contributed by atoms with van der Waals surface area (Å²) in [5, 5.41) is 6.14. The average Bonchev–Trinajstić information content (AvgIpc) is 2.30. The Kier molecular flexibility index (Phi) is 2.97. The number of hydrogen-bond donors (Lipinski definition) is 2. The fourth-order valence-corrected chi connectivity index (χ4v) is 1.51. The van der Waals surface area contributed by atoms with E-state index in [1.807, 2.05) is 0 Å². The van der Waals surface area contributed by atoms with E-state index in [4.69, 9.17) is 18.0 Å². The van der Waals surface area contributed by atoms with Crippen molar-refractivity contribution in [3.05, 3.63) is 52.1 Å². The first kappa shape index (κ1) is 11.4. The van der Waals surface area contributed by atoms with Crippen LogP contribution in [0.5, 0.6) is 0 Å². The highest BCUT2D eigenvalue weighted by Gasteiger charge is 2.07. The molecule has 3 N–H and O–H groups in total. The maximum absolute atomic E-state index is 12.8. The summed E-state index contributed by atoms with van der Waals surface area (Å²) in [6.07, 6.45) is 0. The molecule has 86 valence electrons. The Hall–Kier alpha value is -2.08. The van der Waals surface area contributed by atoms with E-state index >= 15 is 0 Å². The second-order valence-corrected chi connectivity index (χ2v) is 3.81. The SMILES string of the molecule is NC(=S)c1cc(-c2ccc(F)cc2)n[nH]c1=O. The molecule has 0 atom stereocenters. The number of nitrogens with one attached hydrogen (secondary N) is 1. The van der Waals surface area contributed by atoms with Crippen molar-refractivity contribution in [2.75, 3.05) is 0 Å². The molecule has 0 radical (unpaired) electrons. The topological polar surface area (TPSA) is 71.8 Å². The van der Waals surface area contributed by atoms with Crippen LogP contribution in [0.3, 0.4) is 0 Å². The molecule has 0 amide bonds. The van der Waals surface area contributed by atoms with Crippen LogP contribution in [0.25, 0.3) is 11.3 Å². The number of halogens is 1. The highest BCUT2D eigenvalue weighted by atomic mass is 32.1. The number of nitrogens with zero attached hydrogens (tertiary/aromatic N) is 1. The van der Waals surface area contributed by atoms with E-state index in [1.165, 1.54) is 18.2 Å². The van der Waals surface area contributed by atoms with Crippen LogP contribution in [0.1, 0.15) is 5.56 Å². The number of aromatic nitrogens is 2. The van der Waals surface area contributed by atoms with Gasteiger partial charge in [0.25, 0.3) is 5.56 Å². The van der Waals surface area contributed by atoms with Crippen molar-refractivity contribution < 1.29 is 4.39 Å². The standard InChI is InChI=1S/C11H8FN3OS/c12-7-3-1-6(2-4-7)9-5-8(10(13)17)11(16)15-14-9/h1-5H,(H2,13,17)(H,15,16). The zero-order valence-corrected chi connectivity index (χ0v) is 9.42. The molecule has 4 nitrogen and oxygen atoms in total. The van der Waals surface area contributed by atoms with Gasteiger partial charge in [-0.1, -0.05) is 12.2 Å². The zero-order valence-electron chi connectivity index (χ0n) is 8.61. The maximum Gasteiger partial charge on any atom is 0.274 e. The lowest BCUT2D eigenvalue weighted by Gasteiger charge is -2.02. The summed E-state index contributed by atoms with van der Waals surface area (Å²) in [5.74, 6) is -0.340. The number of aromatic amines is 1. The molecule has 0 fully saturated rings. The van der Waals surface area contributed by atoms with Gasteiger partial charge >= 0.3 is 0 Å². The van der Waals surface area contributed by atoms with Crippen molar-refractivity contribution in [3.8, 4) is 11.3 Å². The first-order valence-electron chi connectivity index (χ1n) is 4.73. The molecule has 0 saturated carbocycles. The second-order valence-electron chi connectivity index (χ2n) is 3.37. The van der Waals surface area contributed by atoms with Gasteiger partial charge in [-0.2, -0.15) is 5.10 Å². The summed E-state index contributed by atoms with van der Waals surface area (Å²) in [4.78, 5) is 11.3. The van der Waals surface area contributed by atoms with Gasteiger partial charge in [0.15, 0.2) is 0 Å². The maximum atomic E-state index is 12.8. The molecule has 1 heterocycles. The third kappa shape index (κ3) is 2.36. The van der Waals surface area contributed by atoms with E-state index in [1.54, 1.807) is 12.1 Å². The number of hydrogen-bond acceptors (Lipinski definition) is 3. The first-order valence-corrected chi connectivity index (χ1v) is 5.14. The number of thiocarbonyl (C=S) groups is 1. The summed E-state index contributed by atoms with van der Waals surface area (Å²) in [5.41, 5.74) is 6.30.